The second-order valence-electron chi connectivity index (χ2n) is 4.59. The minimum atomic E-state index is 0.174. The molecular weight excluding hydrogens is 240 g/mol. The first-order chi connectivity index (χ1) is 9.36. The summed E-state index contributed by atoms with van der Waals surface area (Å²) < 4.78 is 7.54. The standard InChI is InChI=1S/C14H22N4O/c1-3-5-16-13(11-19-8-4-2)12-9-17-18-7-6-15-10-14(12)18/h6-7,9-10,13,16H,3-5,8,11H2,1-2H3. The number of aromatic nitrogens is 3. The molecular formula is C14H22N4O. The molecule has 0 spiro atoms. The van der Waals surface area contributed by atoms with Gasteiger partial charge in [-0.3, -0.25) is 4.98 Å². The lowest BCUT2D eigenvalue weighted by molar-refractivity contribution is 0.112. The molecule has 0 aliphatic carbocycles. The molecule has 1 atom stereocenters. The Hall–Kier alpha value is -1.46. The van der Waals surface area contributed by atoms with Crippen molar-refractivity contribution in [2.75, 3.05) is 19.8 Å². The Morgan fingerprint density at radius 2 is 2.21 bits per heavy atom. The molecule has 0 radical (unpaired) electrons. The van der Waals surface area contributed by atoms with E-state index in [-0.39, 0.29) is 6.04 Å². The maximum Gasteiger partial charge on any atom is 0.0893 e. The van der Waals surface area contributed by atoms with Crippen LogP contribution in [0.15, 0.2) is 24.8 Å². The number of fused-ring (bicyclic) bond motifs is 1. The third-order valence-electron chi connectivity index (χ3n) is 3.00. The quantitative estimate of drug-likeness (QED) is 0.741. The van der Waals surface area contributed by atoms with Crippen molar-refractivity contribution in [1.82, 2.24) is 19.9 Å². The van der Waals surface area contributed by atoms with Crippen molar-refractivity contribution >= 4 is 5.52 Å². The molecule has 0 aromatic carbocycles. The van der Waals surface area contributed by atoms with E-state index in [0.717, 1.165) is 37.1 Å². The van der Waals surface area contributed by atoms with E-state index in [2.05, 4.69) is 29.2 Å². The highest BCUT2D eigenvalue weighted by atomic mass is 16.5. The highest BCUT2D eigenvalue weighted by molar-refractivity contribution is 5.53. The average molecular weight is 262 g/mol. The number of nitrogens with zero attached hydrogens (tertiary/aromatic N) is 3. The SMILES string of the molecule is CCCNC(COCCC)c1cnn2ccncc12. The average Bonchev–Trinajstić information content (AvgIpc) is 2.87. The van der Waals surface area contributed by atoms with Gasteiger partial charge in [0.05, 0.1) is 30.6 Å². The van der Waals surface area contributed by atoms with E-state index in [0.29, 0.717) is 6.61 Å². The van der Waals surface area contributed by atoms with Gasteiger partial charge in [0.15, 0.2) is 0 Å². The Bertz CT molecular complexity index is 497. The molecule has 1 N–H and O–H groups in total. The molecule has 0 fully saturated rings. The molecule has 2 aromatic heterocycles. The minimum Gasteiger partial charge on any atom is -0.379 e. The Balaban J connectivity index is 2.15. The molecule has 0 amide bonds. The van der Waals surface area contributed by atoms with Gasteiger partial charge in [0.1, 0.15) is 0 Å². The van der Waals surface area contributed by atoms with E-state index >= 15 is 0 Å². The number of ether oxygens (including phenoxy) is 1. The summed E-state index contributed by atoms with van der Waals surface area (Å²) >= 11 is 0. The van der Waals surface area contributed by atoms with Crippen LogP contribution in [0.2, 0.25) is 0 Å². The van der Waals surface area contributed by atoms with E-state index in [1.807, 2.05) is 23.1 Å². The van der Waals surface area contributed by atoms with Gasteiger partial charge in [0.2, 0.25) is 0 Å². The second kappa shape index (κ2) is 7.21. The highest BCUT2D eigenvalue weighted by Gasteiger charge is 2.16. The van der Waals surface area contributed by atoms with Crippen LogP contribution in [-0.4, -0.2) is 34.4 Å². The van der Waals surface area contributed by atoms with Crippen molar-refractivity contribution in [1.29, 1.82) is 0 Å². The first-order valence-corrected chi connectivity index (χ1v) is 6.95. The van der Waals surface area contributed by atoms with Gasteiger partial charge in [-0.2, -0.15) is 5.10 Å². The molecule has 104 valence electrons. The van der Waals surface area contributed by atoms with Gasteiger partial charge in [-0.25, -0.2) is 4.52 Å². The lowest BCUT2D eigenvalue weighted by atomic mass is 10.1. The van der Waals surface area contributed by atoms with Crippen LogP contribution in [-0.2, 0) is 4.74 Å². The molecule has 0 saturated heterocycles. The van der Waals surface area contributed by atoms with Crippen LogP contribution in [0.1, 0.15) is 38.3 Å². The van der Waals surface area contributed by atoms with E-state index in [1.54, 1.807) is 6.20 Å². The molecule has 19 heavy (non-hydrogen) atoms. The zero-order chi connectivity index (χ0) is 13.5. The molecule has 5 heteroatoms. The summed E-state index contributed by atoms with van der Waals surface area (Å²) in [5, 5.41) is 7.87. The van der Waals surface area contributed by atoms with Crippen LogP contribution in [0.4, 0.5) is 0 Å². The third-order valence-corrected chi connectivity index (χ3v) is 3.00. The van der Waals surface area contributed by atoms with Gasteiger partial charge in [0.25, 0.3) is 0 Å². The largest absolute Gasteiger partial charge is 0.379 e. The number of nitrogens with one attached hydrogen (secondary N) is 1. The Kier molecular flexibility index (Phi) is 5.30. The van der Waals surface area contributed by atoms with Gasteiger partial charge in [0, 0.05) is 24.6 Å². The second-order valence-corrected chi connectivity index (χ2v) is 4.59. The van der Waals surface area contributed by atoms with Crippen molar-refractivity contribution in [3.05, 3.63) is 30.4 Å². The maximum atomic E-state index is 5.69. The smallest absolute Gasteiger partial charge is 0.0893 e. The first kappa shape index (κ1) is 14.0. The predicted octanol–water partition coefficient (Wildman–Crippen LogP) is 2.20. The van der Waals surface area contributed by atoms with Crippen LogP contribution in [0, 0.1) is 0 Å². The molecule has 2 rings (SSSR count). The van der Waals surface area contributed by atoms with Crippen LogP contribution < -0.4 is 5.32 Å². The zero-order valence-electron chi connectivity index (χ0n) is 11.7. The van der Waals surface area contributed by atoms with Crippen molar-refractivity contribution in [3.8, 4) is 0 Å². The summed E-state index contributed by atoms with van der Waals surface area (Å²) in [6.45, 7) is 6.71. The van der Waals surface area contributed by atoms with Crippen molar-refractivity contribution < 1.29 is 4.74 Å². The highest BCUT2D eigenvalue weighted by Crippen LogP contribution is 2.18. The Labute approximate surface area is 114 Å². The summed E-state index contributed by atoms with van der Waals surface area (Å²) in [7, 11) is 0. The summed E-state index contributed by atoms with van der Waals surface area (Å²) in [6.07, 6.45) is 9.50. The van der Waals surface area contributed by atoms with E-state index < -0.39 is 0 Å². The van der Waals surface area contributed by atoms with Gasteiger partial charge < -0.3 is 10.1 Å². The Morgan fingerprint density at radius 1 is 1.32 bits per heavy atom. The predicted molar refractivity (Wildman–Crippen MR) is 75.1 cm³/mol. The van der Waals surface area contributed by atoms with E-state index in [4.69, 9.17) is 4.74 Å². The van der Waals surface area contributed by atoms with Gasteiger partial charge >= 0.3 is 0 Å². The fourth-order valence-corrected chi connectivity index (χ4v) is 2.04. The van der Waals surface area contributed by atoms with Crippen molar-refractivity contribution in [2.45, 2.75) is 32.7 Å². The number of hydrogen-bond acceptors (Lipinski definition) is 4. The summed E-state index contributed by atoms with van der Waals surface area (Å²) in [4.78, 5) is 4.18. The lowest BCUT2D eigenvalue weighted by Crippen LogP contribution is -2.26. The first-order valence-electron chi connectivity index (χ1n) is 6.95. The van der Waals surface area contributed by atoms with Crippen molar-refractivity contribution in [2.24, 2.45) is 0 Å². The van der Waals surface area contributed by atoms with Gasteiger partial charge in [-0.1, -0.05) is 13.8 Å². The van der Waals surface area contributed by atoms with Crippen LogP contribution in [0.3, 0.4) is 0 Å². The lowest BCUT2D eigenvalue weighted by Gasteiger charge is -2.17. The van der Waals surface area contributed by atoms with E-state index in [1.165, 1.54) is 0 Å². The van der Waals surface area contributed by atoms with E-state index in [9.17, 15) is 0 Å². The molecule has 2 heterocycles. The van der Waals surface area contributed by atoms with Crippen LogP contribution in [0.5, 0.6) is 0 Å². The topological polar surface area (TPSA) is 51.5 Å². The molecule has 5 nitrogen and oxygen atoms in total. The molecule has 0 saturated carbocycles. The molecule has 2 aromatic rings. The number of rotatable bonds is 8. The fraction of sp³-hybridized carbons (Fsp3) is 0.571. The zero-order valence-corrected chi connectivity index (χ0v) is 11.7. The summed E-state index contributed by atoms with van der Waals surface area (Å²) in [5.74, 6) is 0. The third kappa shape index (κ3) is 3.52. The number of hydrogen-bond donors (Lipinski definition) is 1. The summed E-state index contributed by atoms with van der Waals surface area (Å²) in [6, 6.07) is 0.174. The van der Waals surface area contributed by atoms with Gasteiger partial charge in [-0.05, 0) is 19.4 Å². The monoisotopic (exact) mass is 262 g/mol. The Morgan fingerprint density at radius 3 is 3.00 bits per heavy atom. The molecule has 0 aliphatic rings. The minimum absolute atomic E-state index is 0.174. The molecule has 0 aliphatic heterocycles. The van der Waals surface area contributed by atoms with Crippen LogP contribution >= 0.6 is 0 Å². The van der Waals surface area contributed by atoms with Crippen molar-refractivity contribution in [3.63, 3.8) is 0 Å². The van der Waals surface area contributed by atoms with Gasteiger partial charge in [-0.15, -0.1) is 0 Å². The summed E-state index contributed by atoms with van der Waals surface area (Å²) in [5.41, 5.74) is 2.19. The fourth-order valence-electron chi connectivity index (χ4n) is 2.04. The normalized spacial score (nSPS) is 12.9. The molecule has 1 unspecified atom stereocenters. The molecule has 0 bridgehead atoms. The maximum absolute atomic E-state index is 5.69. The van der Waals surface area contributed by atoms with Crippen LogP contribution in [0.25, 0.3) is 5.52 Å².